The zero-order chi connectivity index (χ0) is 14.0. The predicted molar refractivity (Wildman–Crippen MR) is 70.6 cm³/mol. The minimum absolute atomic E-state index is 0.0335. The lowest BCUT2D eigenvalue weighted by molar-refractivity contribution is -0.148. The molecule has 6 heteroatoms. The van der Waals surface area contributed by atoms with Crippen molar-refractivity contribution in [3.63, 3.8) is 0 Å². The van der Waals surface area contributed by atoms with Crippen LogP contribution in [0.15, 0.2) is 24.3 Å². The Morgan fingerprint density at radius 1 is 1.53 bits per heavy atom. The number of likely N-dealkylation sites (tertiary alicyclic amines) is 1. The van der Waals surface area contributed by atoms with Gasteiger partial charge in [-0.25, -0.2) is 9.18 Å². The van der Waals surface area contributed by atoms with Crippen LogP contribution in [0.25, 0.3) is 0 Å². The molecule has 0 aromatic heterocycles. The van der Waals surface area contributed by atoms with Crippen molar-refractivity contribution in [2.45, 2.75) is 24.1 Å². The van der Waals surface area contributed by atoms with Crippen LogP contribution in [0, 0.1) is 5.82 Å². The molecule has 0 saturated carbocycles. The highest BCUT2D eigenvalue weighted by Crippen LogP contribution is 2.21. The number of benzene rings is 1. The van der Waals surface area contributed by atoms with Crippen molar-refractivity contribution in [3.8, 4) is 0 Å². The molecule has 1 aromatic carbocycles. The highest BCUT2D eigenvalue weighted by Gasteiger charge is 2.36. The third-order valence-electron chi connectivity index (χ3n) is 3.17. The monoisotopic (exact) mass is 283 g/mol. The van der Waals surface area contributed by atoms with Crippen LogP contribution in [0.3, 0.4) is 0 Å². The third kappa shape index (κ3) is 3.07. The molecule has 0 spiro atoms. The maximum Gasteiger partial charge on any atom is 0.326 e. The van der Waals surface area contributed by atoms with E-state index >= 15 is 0 Å². The van der Waals surface area contributed by atoms with Crippen molar-refractivity contribution in [3.05, 3.63) is 35.6 Å². The van der Waals surface area contributed by atoms with Gasteiger partial charge in [-0.3, -0.25) is 4.79 Å². The van der Waals surface area contributed by atoms with E-state index in [9.17, 15) is 19.1 Å². The van der Waals surface area contributed by atoms with E-state index in [4.69, 9.17) is 0 Å². The van der Waals surface area contributed by atoms with E-state index in [1.165, 1.54) is 17.0 Å². The molecule has 1 aromatic rings. The Balaban J connectivity index is 2.20. The number of rotatable bonds is 4. The molecular weight excluding hydrogens is 269 g/mol. The molecule has 1 N–H and O–H groups in total. The number of amides is 1. The first kappa shape index (κ1) is 13.9. The molecule has 0 aliphatic carbocycles. The summed E-state index contributed by atoms with van der Waals surface area (Å²) < 4.78 is 13.6. The molecule has 0 radical (unpaired) electrons. The van der Waals surface area contributed by atoms with Crippen LogP contribution in [0.1, 0.15) is 12.0 Å². The van der Waals surface area contributed by atoms with Crippen molar-refractivity contribution < 1.29 is 19.1 Å². The van der Waals surface area contributed by atoms with Gasteiger partial charge in [0.05, 0.1) is 0 Å². The number of thiol groups is 1. The minimum atomic E-state index is -1.13. The average Bonchev–Trinajstić information content (AvgIpc) is 2.67. The molecule has 19 heavy (non-hydrogen) atoms. The summed E-state index contributed by atoms with van der Waals surface area (Å²) in [7, 11) is 0. The van der Waals surface area contributed by atoms with Crippen LogP contribution in [0.2, 0.25) is 0 Å². The first-order valence-electron chi connectivity index (χ1n) is 5.92. The zero-order valence-electron chi connectivity index (χ0n) is 10.1. The lowest BCUT2D eigenvalue weighted by Crippen LogP contribution is -2.44. The Hall–Kier alpha value is -1.56. The van der Waals surface area contributed by atoms with Gasteiger partial charge in [-0.2, -0.15) is 12.6 Å². The molecule has 2 rings (SSSR count). The standard InChI is InChI=1S/C13H14FNO3S/c14-10-4-2-1-3-8(10)5-11(13(17)18)15-7-9(19)6-12(15)16/h1-4,9,11,19H,5-7H2,(H,17,18)/t9?,11-/m1/s1. The quantitative estimate of drug-likeness (QED) is 0.820. The van der Waals surface area contributed by atoms with Crippen LogP contribution < -0.4 is 0 Å². The van der Waals surface area contributed by atoms with Gasteiger partial charge in [0.15, 0.2) is 0 Å². The van der Waals surface area contributed by atoms with Gasteiger partial charge in [-0.1, -0.05) is 18.2 Å². The van der Waals surface area contributed by atoms with E-state index in [0.717, 1.165) is 0 Å². The van der Waals surface area contributed by atoms with Crippen LogP contribution in [-0.4, -0.2) is 39.7 Å². The lowest BCUT2D eigenvalue weighted by atomic mass is 10.0. The molecule has 1 aliphatic heterocycles. The second-order valence-electron chi connectivity index (χ2n) is 4.55. The first-order chi connectivity index (χ1) is 8.99. The van der Waals surface area contributed by atoms with Crippen molar-refractivity contribution in [1.29, 1.82) is 0 Å². The van der Waals surface area contributed by atoms with Gasteiger partial charge >= 0.3 is 5.97 Å². The molecule has 1 fully saturated rings. The molecule has 1 amide bonds. The SMILES string of the molecule is O=C(O)[C@@H](Cc1ccccc1F)N1CC(S)CC1=O. The number of carbonyl (C=O) groups excluding carboxylic acids is 1. The Morgan fingerprint density at radius 2 is 2.21 bits per heavy atom. The maximum atomic E-state index is 13.6. The van der Waals surface area contributed by atoms with Gasteiger partial charge < -0.3 is 10.0 Å². The Kier molecular flexibility index (Phi) is 4.09. The van der Waals surface area contributed by atoms with Gasteiger partial charge in [0.1, 0.15) is 11.9 Å². The fourth-order valence-electron chi connectivity index (χ4n) is 2.22. The zero-order valence-corrected chi connectivity index (χ0v) is 11.0. The molecule has 1 unspecified atom stereocenters. The molecule has 4 nitrogen and oxygen atoms in total. The molecule has 0 bridgehead atoms. The number of halogens is 1. The van der Waals surface area contributed by atoms with Crippen molar-refractivity contribution in [2.24, 2.45) is 0 Å². The summed E-state index contributed by atoms with van der Waals surface area (Å²) in [4.78, 5) is 24.3. The van der Waals surface area contributed by atoms with Crippen LogP contribution in [0.5, 0.6) is 0 Å². The summed E-state index contributed by atoms with van der Waals surface area (Å²) in [6.45, 7) is 0.285. The number of nitrogens with zero attached hydrogens (tertiary/aromatic N) is 1. The van der Waals surface area contributed by atoms with Crippen LogP contribution >= 0.6 is 12.6 Å². The Labute approximate surface area is 115 Å². The first-order valence-corrected chi connectivity index (χ1v) is 6.44. The second kappa shape index (κ2) is 5.61. The van der Waals surface area contributed by atoms with E-state index in [-0.39, 0.29) is 30.5 Å². The van der Waals surface area contributed by atoms with E-state index < -0.39 is 17.8 Å². The Bertz CT molecular complexity index is 508. The van der Waals surface area contributed by atoms with Crippen LogP contribution in [-0.2, 0) is 16.0 Å². The number of hydrogen-bond donors (Lipinski definition) is 2. The van der Waals surface area contributed by atoms with E-state index in [1.54, 1.807) is 12.1 Å². The van der Waals surface area contributed by atoms with Crippen LogP contribution in [0.4, 0.5) is 4.39 Å². The number of carbonyl (C=O) groups is 2. The highest BCUT2D eigenvalue weighted by atomic mass is 32.1. The van der Waals surface area contributed by atoms with Crippen molar-refractivity contribution >= 4 is 24.5 Å². The molecule has 102 valence electrons. The van der Waals surface area contributed by atoms with Gasteiger partial charge in [0.2, 0.25) is 5.91 Å². The highest BCUT2D eigenvalue weighted by molar-refractivity contribution is 7.81. The van der Waals surface area contributed by atoms with Gasteiger partial charge in [0.25, 0.3) is 0 Å². The third-order valence-corrected chi connectivity index (χ3v) is 3.52. The predicted octanol–water partition coefficient (Wildman–Crippen LogP) is 1.35. The fourth-order valence-corrected chi connectivity index (χ4v) is 2.55. The number of carboxylic acids is 1. The van der Waals surface area contributed by atoms with E-state index in [2.05, 4.69) is 12.6 Å². The molecule has 1 saturated heterocycles. The van der Waals surface area contributed by atoms with Gasteiger partial charge in [-0.05, 0) is 11.6 Å². The number of carboxylic acid groups (broad SMARTS) is 1. The lowest BCUT2D eigenvalue weighted by Gasteiger charge is -2.24. The summed E-state index contributed by atoms with van der Waals surface area (Å²) >= 11 is 4.19. The summed E-state index contributed by atoms with van der Waals surface area (Å²) in [5, 5.41) is 9.09. The van der Waals surface area contributed by atoms with E-state index in [0.29, 0.717) is 5.56 Å². The number of hydrogen-bond acceptors (Lipinski definition) is 3. The summed E-state index contributed by atoms with van der Waals surface area (Å²) in [6, 6.07) is 4.96. The van der Waals surface area contributed by atoms with Crippen molar-refractivity contribution in [1.82, 2.24) is 4.90 Å². The smallest absolute Gasteiger partial charge is 0.326 e. The number of aliphatic carboxylic acids is 1. The molecule has 2 atom stereocenters. The normalized spacial score (nSPS) is 20.6. The fraction of sp³-hybridized carbons (Fsp3) is 0.385. The maximum absolute atomic E-state index is 13.6. The second-order valence-corrected chi connectivity index (χ2v) is 5.28. The molecular formula is C13H14FNO3S. The molecule has 1 heterocycles. The molecule has 1 aliphatic rings. The summed E-state index contributed by atoms with van der Waals surface area (Å²) in [5.41, 5.74) is 0.297. The van der Waals surface area contributed by atoms with Crippen molar-refractivity contribution in [2.75, 3.05) is 6.54 Å². The Morgan fingerprint density at radius 3 is 2.74 bits per heavy atom. The minimum Gasteiger partial charge on any atom is -0.480 e. The summed E-state index contributed by atoms with van der Waals surface area (Å²) in [6.07, 6.45) is 0.193. The van der Waals surface area contributed by atoms with E-state index in [1.807, 2.05) is 0 Å². The topological polar surface area (TPSA) is 57.6 Å². The summed E-state index contributed by atoms with van der Waals surface area (Å²) in [5.74, 6) is -1.83. The average molecular weight is 283 g/mol. The largest absolute Gasteiger partial charge is 0.480 e. The van der Waals surface area contributed by atoms with Gasteiger partial charge in [0, 0.05) is 24.6 Å². The van der Waals surface area contributed by atoms with Gasteiger partial charge in [-0.15, -0.1) is 0 Å².